The lowest BCUT2D eigenvalue weighted by Crippen LogP contribution is -2.52. The molecular formula is C19H23ClN2O3. The van der Waals surface area contributed by atoms with Crippen LogP contribution in [0.25, 0.3) is 10.8 Å². The van der Waals surface area contributed by atoms with Gasteiger partial charge >= 0.3 is 0 Å². The van der Waals surface area contributed by atoms with Crippen molar-refractivity contribution in [2.24, 2.45) is 0 Å². The lowest BCUT2D eigenvalue weighted by Gasteiger charge is -2.29. The molecule has 0 bridgehead atoms. The number of β-amino-alcohol motifs (C(OH)–C–C–N with tert-alkyl or cyclic N) is 1. The Hall–Kier alpha value is -1.95. The van der Waals surface area contributed by atoms with Gasteiger partial charge in [0.1, 0.15) is 0 Å². The Kier molecular flexibility index (Phi) is 6.93. The summed E-state index contributed by atoms with van der Waals surface area (Å²) >= 11 is 0. The van der Waals surface area contributed by atoms with Crippen molar-refractivity contribution in [3.8, 4) is 0 Å². The standard InChI is InChI=1S/C19H22N2O3.ClH/c22-17(15-7-3-5-13-4-1-2-6-14(13)15)8-9-19(24)21-16-10-11-20-12-18(16)23;/h1-7,16,18,20,23H,8-12H2,(H,21,24);1H/t16-,18-;/m1./s1. The number of rotatable bonds is 5. The Morgan fingerprint density at radius 1 is 1.12 bits per heavy atom. The number of hydrogen-bond donors (Lipinski definition) is 3. The molecule has 0 aliphatic carbocycles. The van der Waals surface area contributed by atoms with E-state index in [-0.39, 0.29) is 43.0 Å². The minimum Gasteiger partial charge on any atom is -0.390 e. The van der Waals surface area contributed by atoms with E-state index in [1.165, 1.54) is 0 Å². The summed E-state index contributed by atoms with van der Waals surface area (Å²) in [6.45, 7) is 1.26. The van der Waals surface area contributed by atoms with Crippen LogP contribution in [0.2, 0.25) is 0 Å². The predicted octanol–water partition coefficient (Wildman–Crippen LogP) is 2.06. The fourth-order valence-corrected chi connectivity index (χ4v) is 3.12. The molecule has 1 fully saturated rings. The highest BCUT2D eigenvalue weighted by Gasteiger charge is 2.24. The monoisotopic (exact) mass is 362 g/mol. The number of halogens is 1. The molecule has 1 aliphatic rings. The van der Waals surface area contributed by atoms with Gasteiger partial charge in [0, 0.05) is 24.9 Å². The molecule has 0 spiro atoms. The van der Waals surface area contributed by atoms with Crippen LogP contribution in [0.4, 0.5) is 0 Å². The molecule has 3 N–H and O–H groups in total. The van der Waals surface area contributed by atoms with Crippen molar-refractivity contribution in [1.29, 1.82) is 0 Å². The van der Waals surface area contributed by atoms with Gasteiger partial charge in [-0.05, 0) is 23.7 Å². The number of Topliss-reactive ketones (excluding diaryl/α,β-unsaturated/α-hetero) is 1. The van der Waals surface area contributed by atoms with Gasteiger partial charge in [-0.1, -0.05) is 42.5 Å². The molecule has 2 atom stereocenters. The van der Waals surface area contributed by atoms with Crippen molar-refractivity contribution in [1.82, 2.24) is 10.6 Å². The predicted molar refractivity (Wildman–Crippen MR) is 100 cm³/mol. The van der Waals surface area contributed by atoms with Crippen LogP contribution in [-0.4, -0.2) is 42.0 Å². The molecule has 0 radical (unpaired) electrons. The number of piperidine rings is 1. The lowest BCUT2D eigenvalue weighted by atomic mass is 9.98. The van der Waals surface area contributed by atoms with Crippen molar-refractivity contribution in [2.45, 2.75) is 31.4 Å². The number of carbonyl (C=O) groups excluding carboxylic acids is 2. The van der Waals surface area contributed by atoms with Gasteiger partial charge < -0.3 is 15.7 Å². The zero-order valence-corrected chi connectivity index (χ0v) is 14.7. The molecule has 2 aromatic rings. The second-order valence-corrected chi connectivity index (χ2v) is 6.18. The number of carbonyl (C=O) groups is 2. The molecule has 134 valence electrons. The van der Waals surface area contributed by atoms with E-state index in [4.69, 9.17) is 0 Å². The number of aliphatic hydroxyl groups is 1. The zero-order chi connectivity index (χ0) is 16.9. The fourth-order valence-electron chi connectivity index (χ4n) is 3.12. The van der Waals surface area contributed by atoms with E-state index in [1.807, 2.05) is 36.4 Å². The summed E-state index contributed by atoms with van der Waals surface area (Å²) in [5.74, 6) is -0.220. The van der Waals surface area contributed by atoms with Crippen LogP contribution in [-0.2, 0) is 4.79 Å². The Labute approximate surface area is 153 Å². The summed E-state index contributed by atoms with van der Waals surface area (Å²) in [6, 6.07) is 13.1. The van der Waals surface area contributed by atoms with E-state index in [1.54, 1.807) is 6.07 Å². The number of aliphatic hydroxyl groups excluding tert-OH is 1. The molecule has 0 unspecified atom stereocenters. The van der Waals surface area contributed by atoms with Crippen molar-refractivity contribution in [3.63, 3.8) is 0 Å². The smallest absolute Gasteiger partial charge is 0.220 e. The molecule has 1 saturated heterocycles. The number of amides is 1. The third-order valence-electron chi connectivity index (χ3n) is 4.47. The van der Waals surface area contributed by atoms with Gasteiger partial charge in [-0.15, -0.1) is 12.4 Å². The van der Waals surface area contributed by atoms with Gasteiger partial charge in [-0.25, -0.2) is 0 Å². The van der Waals surface area contributed by atoms with Crippen LogP contribution in [0, 0.1) is 0 Å². The van der Waals surface area contributed by atoms with Gasteiger partial charge in [-0.3, -0.25) is 9.59 Å². The van der Waals surface area contributed by atoms with Gasteiger partial charge in [0.05, 0.1) is 12.1 Å². The van der Waals surface area contributed by atoms with Crippen molar-refractivity contribution in [3.05, 3.63) is 48.0 Å². The van der Waals surface area contributed by atoms with E-state index in [0.717, 1.165) is 17.3 Å². The minimum absolute atomic E-state index is 0. The van der Waals surface area contributed by atoms with Crippen LogP contribution in [0.1, 0.15) is 29.6 Å². The van der Waals surface area contributed by atoms with E-state index in [0.29, 0.717) is 18.5 Å². The molecule has 0 aromatic heterocycles. The van der Waals surface area contributed by atoms with Gasteiger partial charge in [0.2, 0.25) is 5.91 Å². The van der Waals surface area contributed by atoms with Crippen LogP contribution in [0.5, 0.6) is 0 Å². The Morgan fingerprint density at radius 2 is 1.88 bits per heavy atom. The third kappa shape index (κ3) is 4.78. The van der Waals surface area contributed by atoms with Crippen molar-refractivity contribution < 1.29 is 14.7 Å². The molecule has 1 amide bonds. The summed E-state index contributed by atoms with van der Waals surface area (Å²) in [5.41, 5.74) is 0.655. The molecule has 6 heteroatoms. The second-order valence-electron chi connectivity index (χ2n) is 6.18. The lowest BCUT2D eigenvalue weighted by molar-refractivity contribution is -0.122. The normalized spacial score (nSPS) is 19.9. The Morgan fingerprint density at radius 3 is 2.68 bits per heavy atom. The molecule has 1 aliphatic heterocycles. The third-order valence-corrected chi connectivity index (χ3v) is 4.47. The van der Waals surface area contributed by atoms with E-state index in [2.05, 4.69) is 10.6 Å². The van der Waals surface area contributed by atoms with Crippen molar-refractivity contribution in [2.75, 3.05) is 13.1 Å². The van der Waals surface area contributed by atoms with Gasteiger partial charge in [-0.2, -0.15) is 0 Å². The number of fused-ring (bicyclic) bond motifs is 1. The first kappa shape index (κ1) is 19.4. The highest BCUT2D eigenvalue weighted by molar-refractivity contribution is 6.08. The fraction of sp³-hybridized carbons (Fsp3) is 0.368. The van der Waals surface area contributed by atoms with Crippen LogP contribution in [0.15, 0.2) is 42.5 Å². The van der Waals surface area contributed by atoms with E-state index >= 15 is 0 Å². The Bertz CT molecular complexity index is 745. The first-order valence-corrected chi connectivity index (χ1v) is 8.34. The average Bonchev–Trinajstić information content (AvgIpc) is 2.61. The number of benzene rings is 2. The first-order valence-electron chi connectivity index (χ1n) is 8.34. The summed E-state index contributed by atoms with van der Waals surface area (Å²) in [7, 11) is 0. The molecule has 1 heterocycles. The SMILES string of the molecule is Cl.O=C(CCC(=O)c1cccc2ccccc12)N[C@@H]1CCNC[C@H]1O. The molecule has 0 saturated carbocycles. The highest BCUT2D eigenvalue weighted by Crippen LogP contribution is 2.20. The topological polar surface area (TPSA) is 78.4 Å². The maximum atomic E-state index is 12.5. The number of hydrogen-bond acceptors (Lipinski definition) is 4. The van der Waals surface area contributed by atoms with Crippen LogP contribution in [0.3, 0.4) is 0 Å². The Balaban J connectivity index is 0.00000225. The minimum atomic E-state index is -0.573. The molecule has 2 aromatic carbocycles. The quantitative estimate of drug-likeness (QED) is 0.711. The number of ketones is 1. The van der Waals surface area contributed by atoms with E-state index < -0.39 is 6.10 Å². The molecule has 5 nitrogen and oxygen atoms in total. The summed E-state index contributed by atoms with van der Waals surface area (Å²) in [4.78, 5) is 24.5. The number of nitrogens with one attached hydrogen (secondary N) is 2. The van der Waals surface area contributed by atoms with Gasteiger partial charge in [0.25, 0.3) is 0 Å². The molecule has 25 heavy (non-hydrogen) atoms. The van der Waals surface area contributed by atoms with Crippen molar-refractivity contribution >= 4 is 34.9 Å². The zero-order valence-electron chi connectivity index (χ0n) is 13.9. The van der Waals surface area contributed by atoms with Crippen LogP contribution >= 0.6 is 12.4 Å². The average molecular weight is 363 g/mol. The van der Waals surface area contributed by atoms with Gasteiger partial charge in [0.15, 0.2) is 5.78 Å². The second kappa shape index (κ2) is 8.94. The highest BCUT2D eigenvalue weighted by atomic mass is 35.5. The largest absolute Gasteiger partial charge is 0.390 e. The maximum Gasteiger partial charge on any atom is 0.220 e. The summed E-state index contributed by atoms with van der Waals surface area (Å²) in [6.07, 6.45) is 0.431. The van der Waals surface area contributed by atoms with E-state index in [9.17, 15) is 14.7 Å². The first-order chi connectivity index (χ1) is 11.6. The summed E-state index contributed by atoms with van der Waals surface area (Å²) in [5, 5.41) is 17.7. The molecular weight excluding hydrogens is 340 g/mol. The maximum absolute atomic E-state index is 12.5. The van der Waals surface area contributed by atoms with Crippen LogP contribution < -0.4 is 10.6 Å². The molecule has 3 rings (SSSR count). The summed E-state index contributed by atoms with van der Waals surface area (Å²) < 4.78 is 0.